The predicted octanol–water partition coefficient (Wildman–Crippen LogP) is 1.45. The van der Waals surface area contributed by atoms with E-state index < -0.39 is 48.3 Å². The van der Waals surface area contributed by atoms with E-state index in [9.17, 15) is 36.3 Å². The first-order chi connectivity index (χ1) is 12.9. The lowest BCUT2D eigenvalue weighted by atomic mass is 10.1. The van der Waals surface area contributed by atoms with Crippen molar-refractivity contribution in [1.82, 2.24) is 10.6 Å². The summed E-state index contributed by atoms with van der Waals surface area (Å²) in [4.78, 5) is 36.0. The molecule has 12 heteroatoms. The van der Waals surface area contributed by atoms with E-state index in [0.29, 0.717) is 11.4 Å². The van der Waals surface area contributed by atoms with Crippen LogP contribution in [0.15, 0.2) is 24.3 Å². The van der Waals surface area contributed by atoms with Crippen LogP contribution in [0.1, 0.15) is 6.92 Å². The predicted molar refractivity (Wildman–Crippen MR) is 85.7 cm³/mol. The average molecular weight is 409 g/mol. The van der Waals surface area contributed by atoms with Crippen LogP contribution >= 0.6 is 0 Å². The Morgan fingerprint density at radius 1 is 1.21 bits per heavy atom. The first-order valence-electron chi connectivity index (χ1n) is 7.97. The van der Waals surface area contributed by atoms with Gasteiger partial charge in [0.1, 0.15) is 24.3 Å². The summed E-state index contributed by atoms with van der Waals surface area (Å²) in [5, 5.41) is 6.09. The summed E-state index contributed by atoms with van der Waals surface area (Å²) in [6, 6.07) is 5.24. The largest absolute Gasteiger partial charge is 0.489 e. The van der Waals surface area contributed by atoms with Crippen molar-refractivity contribution in [2.45, 2.75) is 25.1 Å². The van der Waals surface area contributed by atoms with Gasteiger partial charge in [-0.05, 0) is 19.1 Å². The minimum atomic E-state index is -5.84. The second-order valence-electron chi connectivity index (χ2n) is 6.00. The van der Waals surface area contributed by atoms with Crippen LogP contribution in [-0.4, -0.2) is 49.0 Å². The number of hydrogen-bond donors (Lipinski definition) is 3. The fourth-order valence-corrected chi connectivity index (χ4v) is 2.14. The molecule has 0 radical (unpaired) electrons. The number of para-hydroxylation sites is 2. The van der Waals surface area contributed by atoms with Gasteiger partial charge in [0.25, 0.3) is 5.91 Å². The highest BCUT2D eigenvalue weighted by Crippen LogP contribution is 2.34. The zero-order chi connectivity index (χ0) is 21.1. The molecule has 0 fully saturated rings. The highest BCUT2D eigenvalue weighted by molar-refractivity contribution is 6.03. The van der Waals surface area contributed by atoms with Crippen LogP contribution < -0.4 is 20.7 Å². The second kappa shape index (κ2) is 7.98. The Labute approximate surface area is 155 Å². The molecule has 154 valence electrons. The third-order valence-electron chi connectivity index (χ3n) is 3.87. The molecule has 0 bridgehead atoms. The summed E-state index contributed by atoms with van der Waals surface area (Å²) in [7, 11) is 0. The lowest BCUT2D eigenvalue weighted by Gasteiger charge is -2.21. The maximum absolute atomic E-state index is 12.8. The number of hydrogen-bond acceptors (Lipinski definition) is 4. The lowest BCUT2D eigenvalue weighted by molar-refractivity contribution is -0.278. The van der Waals surface area contributed by atoms with Gasteiger partial charge in [-0.1, -0.05) is 12.1 Å². The number of rotatable bonds is 5. The van der Waals surface area contributed by atoms with Crippen molar-refractivity contribution in [2.75, 3.05) is 18.5 Å². The van der Waals surface area contributed by atoms with Crippen molar-refractivity contribution in [2.24, 2.45) is 5.92 Å². The van der Waals surface area contributed by atoms with Crippen LogP contribution in [0.5, 0.6) is 5.75 Å². The molecule has 1 heterocycles. The Bertz CT molecular complexity index is 769. The maximum atomic E-state index is 12.8. The highest BCUT2D eigenvalue weighted by atomic mass is 19.4. The molecule has 1 aliphatic rings. The number of ether oxygens (including phenoxy) is 1. The second-order valence-corrected chi connectivity index (χ2v) is 6.00. The summed E-state index contributed by atoms with van der Waals surface area (Å²) < 4.78 is 67.4. The smallest absolute Gasteiger partial charge is 0.455 e. The normalized spacial score (nSPS) is 18.1. The van der Waals surface area contributed by atoms with Crippen LogP contribution in [0.3, 0.4) is 0 Å². The van der Waals surface area contributed by atoms with Crippen molar-refractivity contribution in [3.63, 3.8) is 0 Å². The highest BCUT2D eigenvalue weighted by Gasteiger charge is 2.57. The number of amides is 3. The minimum absolute atomic E-state index is 0.269. The molecule has 2 atom stereocenters. The molecule has 3 amide bonds. The first kappa shape index (κ1) is 21.4. The quantitative estimate of drug-likeness (QED) is 0.507. The molecule has 0 spiro atoms. The van der Waals surface area contributed by atoms with Gasteiger partial charge in [0.2, 0.25) is 11.8 Å². The molecule has 1 aromatic rings. The van der Waals surface area contributed by atoms with Gasteiger partial charge < -0.3 is 20.7 Å². The molecule has 2 rings (SSSR count). The molecule has 7 nitrogen and oxygen atoms in total. The Balaban J connectivity index is 1.93. The van der Waals surface area contributed by atoms with E-state index in [0.717, 1.165) is 6.92 Å². The number of nitrogens with one attached hydrogen (secondary N) is 3. The van der Waals surface area contributed by atoms with Gasteiger partial charge >= 0.3 is 12.1 Å². The monoisotopic (exact) mass is 409 g/mol. The summed E-state index contributed by atoms with van der Waals surface area (Å²) in [6.45, 7) is -1.27. The fraction of sp³-hybridized carbons (Fsp3) is 0.438. The Morgan fingerprint density at radius 3 is 2.50 bits per heavy atom. The molecule has 0 aliphatic carbocycles. The third-order valence-corrected chi connectivity index (χ3v) is 3.87. The molecule has 28 heavy (non-hydrogen) atoms. The van der Waals surface area contributed by atoms with Crippen LogP contribution in [0.2, 0.25) is 0 Å². The molecular formula is C16H16F5N3O4. The number of alkyl halides is 5. The van der Waals surface area contributed by atoms with E-state index in [2.05, 4.69) is 10.6 Å². The molecular weight excluding hydrogens is 393 g/mol. The SMILES string of the molecule is CC(C(=O)NCC(F)(F)C(F)(F)F)C(=O)N[C@H]1COc2ccccc2NC1=O. The van der Waals surface area contributed by atoms with Crippen molar-refractivity contribution < 1.29 is 41.1 Å². The standard InChI is InChI=1S/C16H16F5N3O4/c1-8(12(25)22-7-15(17,18)16(19,20)21)13(26)24-10-6-28-11-5-3-2-4-9(11)23-14(10)27/h2-5,8,10H,6-7H2,1H3,(H,22,25)(H,23,27)(H,24,26)/t8?,10-/m0/s1. The van der Waals surface area contributed by atoms with E-state index in [1.54, 1.807) is 24.3 Å². The van der Waals surface area contributed by atoms with Gasteiger partial charge in [-0.2, -0.15) is 22.0 Å². The van der Waals surface area contributed by atoms with Crippen molar-refractivity contribution in [1.29, 1.82) is 0 Å². The van der Waals surface area contributed by atoms with Crippen LogP contribution in [0.25, 0.3) is 0 Å². The lowest BCUT2D eigenvalue weighted by Crippen LogP contribution is -2.52. The van der Waals surface area contributed by atoms with Gasteiger partial charge in [-0.15, -0.1) is 0 Å². The summed E-state index contributed by atoms with van der Waals surface area (Å²) in [5.74, 6) is -9.44. The molecule has 1 aliphatic heterocycles. The summed E-state index contributed by atoms with van der Waals surface area (Å²) in [6.07, 6.45) is -5.84. The number of halogens is 5. The Kier molecular flexibility index (Phi) is 6.10. The van der Waals surface area contributed by atoms with E-state index in [4.69, 9.17) is 4.74 Å². The molecule has 0 saturated carbocycles. The van der Waals surface area contributed by atoms with Gasteiger partial charge in [-0.25, -0.2) is 0 Å². The van der Waals surface area contributed by atoms with E-state index in [1.807, 2.05) is 0 Å². The van der Waals surface area contributed by atoms with Crippen LogP contribution in [-0.2, 0) is 14.4 Å². The number of anilines is 1. The summed E-state index contributed by atoms with van der Waals surface area (Å²) >= 11 is 0. The Hall–Kier alpha value is -2.92. The number of carbonyl (C=O) groups excluding carboxylic acids is 3. The number of benzene rings is 1. The minimum Gasteiger partial charge on any atom is -0.489 e. The number of fused-ring (bicyclic) bond motifs is 1. The van der Waals surface area contributed by atoms with Crippen LogP contribution in [0.4, 0.5) is 27.6 Å². The van der Waals surface area contributed by atoms with E-state index >= 15 is 0 Å². The Morgan fingerprint density at radius 2 is 1.86 bits per heavy atom. The molecule has 0 saturated heterocycles. The maximum Gasteiger partial charge on any atom is 0.455 e. The molecule has 0 aromatic heterocycles. The topological polar surface area (TPSA) is 96.5 Å². The van der Waals surface area contributed by atoms with E-state index in [1.165, 1.54) is 5.32 Å². The molecule has 1 aromatic carbocycles. The average Bonchev–Trinajstić information content (AvgIpc) is 2.77. The summed E-state index contributed by atoms with van der Waals surface area (Å²) in [5.41, 5.74) is 0.365. The number of carbonyl (C=O) groups is 3. The first-order valence-corrected chi connectivity index (χ1v) is 7.97. The van der Waals surface area contributed by atoms with E-state index in [-0.39, 0.29) is 6.61 Å². The van der Waals surface area contributed by atoms with Gasteiger partial charge in [0, 0.05) is 0 Å². The zero-order valence-electron chi connectivity index (χ0n) is 14.4. The van der Waals surface area contributed by atoms with Crippen molar-refractivity contribution >= 4 is 23.4 Å². The zero-order valence-corrected chi connectivity index (χ0v) is 14.4. The fourth-order valence-electron chi connectivity index (χ4n) is 2.14. The third kappa shape index (κ3) is 4.87. The molecule has 1 unspecified atom stereocenters. The van der Waals surface area contributed by atoms with Crippen LogP contribution in [0, 0.1) is 5.92 Å². The van der Waals surface area contributed by atoms with Gasteiger partial charge in [0.05, 0.1) is 12.2 Å². The van der Waals surface area contributed by atoms with Gasteiger partial charge in [-0.3, -0.25) is 14.4 Å². The molecule has 3 N–H and O–H groups in total. The van der Waals surface area contributed by atoms with Crippen molar-refractivity contribution in [3.8, 4) is 5.75 Å². The van der Waals surface area contributed by atoms with Crippen molar-refractivity contribution in [3.05, 3.63) is 24.3 Å². The van der Waals surface area contributed by atoms with Gasteiger partial charge in [0.15, 0.2) is 0 Å².